The molecule has 1 aromatic heterocycles. The smallest absolute Gasteiger partial charge is 0.408 e. The van der Waals surface area contributed by atoms with Crippen LogP contribution in [0.3, 0.4) is 0 Å². The standard InChI is InChI=1S/C29H34N6O6/c1-29(2,3)41-28(40)35-24(12-19-16-32-22-9-8-20(36)13-21(19)22)27(39)34-23(10-11-25(31)37)26(38)33-15-18-6-4-17(14-30)5-7-18/h4-9,13,16,23-24,32,36H,10-12,15H2,1-3H3,(H2,31,37)(H,33,38)(H,34,39)(H,35,40). The summed E-state index contributed by atoms with van der Waals surface area (Å²) >= 11 is 0. The molecule has 0 saturated carbocycles. The van der Waals surface area contributed by atoms with Gasteiger partial charge in [-0.25, -0.2) is 4.79 Å². The van der Waals surface area contributed by atoms with E-state index < -0.39 is 41.5 Å². The van der Waals surface area contributed by atoms with Gasteiger partial charge in [0.1, 0.15) is 23.4 Å². The molecule has 41 heavy (non-hydrogen) atoms. The number of aromatic hydroxyl groups is 1. The number of phenolic OH excluding ortho intramolecular Hbond substituents is 1. The second kappa shape index (κ2) is 13.3. The highest BCUT2D eigenvalue weighted by molar-refractivity contribution is 5.93. The van der Waals surface area contributed by atoms with Crippen LogP contribution in [0.15, 0.2) is 48.7 Å². The lowest BCUT2D eigenvalue weighted by Crippen LogP contribution is -2.55. The average Bonchev–Trinajstić information content (AvgIpc) is 3.29. The molecular formula is C29H34N6O6. The summed E-state index contributed by atoms with van der Waals surface area (Å²) in [5.74, 6) is -1.86. The predicted octanol–water partition coefficient (Wildman–Crippen LogP) is 2.25. The summed E-state index contributed by atoms with van der Waals surface area (Å²) in [6.07, 6.45) is 0.598. The molecule has 0 aliphatic carbocycles. The highest BCUT2D eigenvalue weighted by Crippen LogP contribution is 2.24. The Morgan fingerprint density at radius 2 is 1.76 bits per heavy atom. The van der Waals surface area contributed by atoms with E-state index >= 15 is 0 Å². The molecule has 0 fully saturated rings. The van der Waals surface area contributed by atoms with Crippen molar-refractivity contribution in [3.8, 4) is 11.8 Å². The average molecular weight is 563 g/mol. The van der Waals surface area contributed by atoms with Crippen molar-refractivity contribution in [2.24, 2.45) is 5.73 Å². The van der Waals surface area contributed by atoms with Crippen molar-refractivity contribution in [3.05, 3.63) is 65.4 Å². The van der Waals surface area contributed by atoms with E-state index in [-0.39, 0.29) is 31.6 Å². The van der Waals surface area contributed by atoms with Crippen LogP contribution in [0.4, 0.5) is 4.79 Å². The van der Waals surface area contributed by atoms with Crippen LogP contribution in [-0.4, -0.2) is 51.6 Å². The largest absolute Gasteiger partial charge is 0.508 e. The third kappa shape index (κ3) is 9.28. The second-order valence-electron chi connectivity index (χ2n) is 10.5. The molecule has 0 aliphatic rings. The first kappa shape index (κ1) is 30.5. The van der Waals surface area contributed by atoms with Gasteiger partial charge >= 0.3 is 6.09 Å². The number of primary amides is 1. The number of carbonyl (C=O) groups excluding carboxylic acids is 4. The number of hydrogen-bond donors (Lipinski definition) is 6. The molecule has 0 spiro atoms. The number of ether oxygens (including phenoxy) is 1. The first-order chi connectivity index (χ1) is 19.3. The van der Waals surface area contributed by atoms with Crippen molar-refractivity contribution in [1.29, 1.82) is 5.26 Å². The van der Waals surface area contributed by atoms with Crippen LogP contribution < -0.4 is 21.7 Å². The Balaban J connectivity index is 1.80. The molecule has 216 valence electrons. The molecule has 0 bridgehead atoms. The molecule has 12 heteroatoms. The summed E-state index contributed by atoms with van der Waals surface area (Å²) in [6.45, 7) is 5.17. The number of amides is 4. The number of hydrogen-bond acceptors (Lipinski definition) is 7. The van der Waals surface area contributed by atoms with Gasteiger partial charge in [-0.3, -0.25) is 14.4 Å². The minimum absolute atomic E-state index is 0.00390. The number of aromatic nitrogens is 1. The molecule has 7 N–H and O–H groups in total. The Morgan fingerprint density at radius 3 is 2.39 bits per heavy atom. The van der Waals surface area contributed by atoms with E-state index in [2.05, 4.69) is 20.9 Å². The van der Waals surface area contributed by atoms with E-state index in [1.807, 2.05) is 6.07 Å². The molecule has 1 heterocycles. The Labute approximate surface area is 237 Å². The van der Waals surface area contributed by atoms with Crippen molar-refractivity contribution in [1.82, 2.24) is 20.9 Å². The number of rotatable bonds is 11. The maximum absolute atomic E-state index is 13.5. The monoisotopic (exact) mass is 562 g/mol. The van der Waals surface area contributed by atoms with Crippen molar-refractivity contribution in [3.63, 3.8) is 0 Å². The molecule has 4 amide bonds. The molecule has 12 nitrogen and oxygen atoms in total. The molecule has 3 rings (SSSR count). The minimum Gasteiger partial charge on any atom is -0.508 e. The lowest BCUT2D eigenvalue weighted by atomic mass is 10.0. The van der Waals surface area contributed by atoms with Gasteiger partial charge in [0.25, 0.3) is 0 Å². The summed E-state index contributed by atoms with van der Waals surface area (Å²) in [7, 11) is 0. The number of aromatic amines is 1. The Hall–Kier alpha value is -5.05. The summed E-state index contributed by atoms with van der Waals surface area (Å²) in [4.78, 5) is 53.8. The van der Waals surface area contributed by atoms with E-state index in [0.717, 1.165) is 11.1 Å². The Morgan fingerprint density at radius 1 is 1.05 bits per heavy atom. The van der Waals surface area contributed by atoms with Crippen LogP contribution in [0.25, 0.3) is 10.9 Å². The minimum atomic E-state index is -1.17. The topological polar surface area (TPSA) is 199 Å². The Kier molecular flexibility index (Phi) is 9.92. The number of alkyl carbamates (subject to hydrolysis) is 1. The lowest BCUT2D eigenvalue weighted by molar-refractivity contribution is -0.130. The number of nitrogens with zero attached hydrogens (tertiary/aromatic N) is 1. The Bertz CT molecular complexity index is 1450. The van der Waals surface area contributed by atoms with Gasteiger partial charge in [-0.2, -0.15) is 5.26 Å². The summed E-state index contributed by atoms with van der Waals surface area (Å²) < 4.78 is 5.34. The normalized spacial score (nSPS) is 12.5. The molecule has 2 atom stereocenters. The van der Waals surface area contributed by atoms with Crippen LogP contribution in [0.2, 0.25) is 0 Å². The summed E-state index contributed by atoms with van der Waals surface area (Å²) in [5, 5.41) is 27.5. The zero-order valence-corrected chi connectivity index (χ0v) is 23.1. The first-order valence-electron chi connectivity index (χ1n) is 13.0. The molecule has 0 aliphatic heterocycles. The van der Waals surface area contributed by atoms with Crippen molar-refractivity contribution < 1.29 is 29.0 Å². The van der Waals surface area contributed by atoms with E-state index in [0.29, 0.717) is 16.5 Å². The van der Waals surface area contributed by atoms with Crippen LogP contribution in [0, 0.1) is 11.3 Å². The number of nitrogens with one attached hydrogen (secondary N) is 4. The number of benzene rings is 2. The SMILES string of the molecule is CC(C)(C)OC(=O)NC(Cc1c[nH]c2ccc(O)cc12)C(=O)NC(CCC(N)=O)C(=O)NCc1ccc(C#N)cc1. The predicted molar refractivity (Wildman–Crippen MR) is 150 cm³/mol. The summed E-state index contributed by atoms with van der Waals surface area (Å²) in [5.41, 5.74) is 7.02. The molecule has 0 radical (unpaired) electrons. The van der Waals surface area contributed by atoms with Gasteiger partial charge in [0.2, 0.25) is 17.7 Å². The van der Waals surface area contributed by atoms with Gasteiger partial charge in [0.05, 0.1) is 11.6 Å². The number of fused-ring (bicyclic) bond motifs is 1. The van der Waals surface area contributed by atoms with Gasteiger partial charge in [-0.15, -0.1) is 0 Å². The number of nitriles is 1. The molecule has 2 aromatic carbocycles. The highest BCUT2D eigenvalue weighted by Gasteiger charge is 2.29. The van der Waals surface area contributed by atoms with Crippen LogP contribution >= 0.6 is 0 Å². The molecular weight excluding hydrogens is 528 g/mol. The van der Waals surface area contributed by atoms with Gasteiger partial charge in [-0.05, 0) is 68.7 Å². The van der Waals surface area contributed by atoms with Gasteiger partial charge in [0.15, 0.2) is 0 Å². The zero-order chi connectivity index (χ0) is 30.2. The van der Waals surface area contributed by atoms with Gasteiger partial charge < -0.3 is 36.5 Å². The molecule has 3 aromatic rings. The summed E-state index contributed by atoms with van der Waals surface area (Å²) in [6, 6.07) is 11.1. The van der Waals surface area contributed by atoms with Crippen molar-refractivity contribution in [2.75, 3.05) is 0 Å². The fourth-order valence-electron chi connectivity index (χ4n) is 4.05. The van der Waals surface area contributed by atoms with E-state index in [1.165, 1.54) is 12.1 Å². The zero-order valence-electron chi connectivity index (χ0n) is 23.1. The van der Waals surface area contributed by atoms with E-state index in [1.54, 1.807) is 57.3 Å². The second-order valence-corrected chi connectivity index (χ2v) is 10.5. The number of carbonyl (C=O) groups is 4. The third-order valence-corrected chi connectivity index (χ3v) is 6.04. The fraction of sp³-hybridized carbons (Fsp3) is 0.345. The van der Waals surface area contributed by atoms with Crippen LogP contribution in [0.5, 0.6) is 5.75 Å². The van der Waals surface area contributed by atoms with Crippen LogP contribution in [0.1, 0.15) is 50.3 Å². The third-order valence-electron chi connectivity index (χ3n) is 6.04. The lowest BCUT2D eigenvalue weighted by Gasteiger charge is -2.25. The van der Waals surface area contributed by atoms with Gasteiger partial charge in [0, 0.05) is 36.5 Å². The van der Waals surface area contributed by atoms with E-state index in [4.69, 9.17) is 15.7 Å². The first-order valence-corrected chi connectivity index (χ1v) is 13.0. The van der Waals surface area contributed by atoms with Crippen molar-refractivity contribution >= 4 is 34.7 Å². The molecule has 0 saturated heterocycles. The maximum Gasteiger partial charge on any atom is 0.408 e. The molecule has 2 unspecified atom stereocenters. The quantitative estimate of drug-likeness (QED) is 0.206. The fourth-order valence-corrected chi connectivity index (χ4v) is 4.05. The maximum atomic E-state index is 13.5. The number of H-pyrrole nitrogens is 1. The number of phenols is 1. The van der Waals surface area contributed by atoms with Crippen molar-refractivity contribution in [2.45, 2.75) is 64.3 Å². The van der Waals surface area contributed by atoms with E-state index in [9.17, 15) is 24.3 Å². The van der Waals surface area contributed by atoms with Gasteiger partial charge in [-0.1, -0.05) is 12.1 Å². The number of nitrogens with two attached hydrogens (primary N) is 1. The highest BCUT2D eigenvalue weighted by atomic mass is 16.6. The van der Waals surface area contributed by atoms with Crippen LogP contribution in [-0.2, 0) is 32.1 Å².